The molecule has 98 valence electrons. The Hall–Kier alpha value is -0.940. The number of benzene rings is 1. The SMILES string of the molecule is COc1cc2c(c(C)c1Cl)OCC(C(=O)CBr)O2. The Morgan fingerprint density at radius 2 is 2.39 bits per heavy atom. The van der Waals surface area contributed by atoms with E-state index in [-0.39, 0.29) is 17.7 Å². The molecule has 1 aliphatic heterocycles. The summed E-state index contributed by atoms with van der Waals surface area (Å²) in [5.74, 6) is 1.49. The zero-order valence-electron chi connectivity index (χ0n) is 9.96. The highest BCUT2D eigenvalue weighted by molar-refractivity contribution is 9.09. The standard InChI is InChI=1S/C12H12BrClO4/c1-6-11(14)8(16-2)3-9-12(6)17-5-10(18-9)7(15)4-13/h3,10H,4-5H2,1-2H3. The molecule has 1 aromatic carbocycles. The molecule has 0 aliphatic carbocycles. The highest BCUT2D eigenvalue weighted by Crippen LogP contribution is 2.44. The van der Waals surface area contributed by atoms with Crippen LogP contribution in [0, 0.1) is 6.92 Å². The van der Waals surface area contributed by atoms with Gasteiger partial charge in [-0.2, -0.15) is 0 Å². The highest BCUT2D eigenvalue weighted by Gasteiger charge is 2.29. The van der Waals surface area contributed by atoms with Crippen molar-refractivity contribution in [1.29, 1.82) is 0 Å². The van der Waals surface area contributed by atoms with Crippen LogP contribution < -0.4 is 14.2 Å². The van der Waals surface area contributed by atoms with E-state index in [4.69, 9.17) is 25.8 Å². The van der Waals surface area contributed by atoms with Crippen LogP contribution in [0.15, 0.2) is 6.07 Å². The first kappa shape index (κ1) is 13.5. The Kier molecular flexibility index (Phi) is 4.02. The maximum atomic E-state index is 11.6. The van der Waals surface area contributed by atoms with E-state index in [1.807, 2.05) is 6.92 Å². The Morgan fingerprint density at radius 1 is 1.67 bits per heavy atom. The third-order valence-corrected chi connectivity index (χ3v) is 3.75. The normalized spacial score (nSPS) is 17.4. The number of fused-ring (bicyclic) bond motifs is 1. The van der Waals surface area contributed by atoms with E-state index in [2.05, 4.69) is 15.9 Å². The molecule has 0 spiro atoms. The van der Waals surface area contributed by atoms with Crippen molar-refractivity contribution in [3.05, 3.63) is 16.7 Å². The quantitative estimate of drug-likeness (QED) is 0.797. The lowest BCUT2D eigenvalue weighted by atomic mass is 10.1. The molecule has 1 unspecified atom stereocenters. The lowest BCUT2D eigenvalue weighted by molar-refractivity contribution is -0.125. The molecule has 1 heterocycles. The van der Waals surface area contributed by atoms with Crippen LogP contribution in [0.25, 0.3) is 0 Å². The fraction of sp³-hybridized carbons (Fsp3) is 0.417. The van der Waals surface area contributed by atoms with E-state index >= 15 is 0 Å². The minimum Gasteiger partial charge on any atom is -0.495 e. The summed E-state index contributed by atoms with van der Waals surface area (Å²) in [6.45, 7) is 2.01. The zero-order valence-corrected chi connectivity index (χ0v) is 12.3. The second-order valence-electron chi connectivity index (χ2n) is 3.86. The molecule has 0 fully saturated rings. The summed E-state index contributed by atoms with van der Waals surface area (Å²) in [6.07, 6.45) is -0.595. The number of ketones is 1. The van der Waals surface area contributed by atoms with Crippen molar-refractivity contribution in [2.24, 2.45) is 0 Å². The molecule has 0 N–H and O–H groups in total. The summed E-state index contributed by atoms with van der Waals surface area (Å²) in [5.41, 5.74) is 0.746. The van der Waals surface area contributed by atoms with Gasteiger partial charge in [-0.15, -0.1) is 0 Å². The number of methoxy groups -OCH3 is 1. The van der Waals surface area contributed by atoms with Crippen molar-refractivity contribution in [3.8, 4) is 17.2 Å². The Labute approximate surface area is 118 Å². The van der Waals surface area contributed by atoms with Crippen LogP contribution in [0.4, 0.5) is 0 Å². The van der Waals surface area contributed by atoms with Crippen molar-refractivity contribution in [3.63, 3.8) is 0 Å². The molecular formula is C12H12BrClO4. The van der Waals surface area contributed by atoms with Crippen LogP contribution in [0.5, 0.6) is 17.2 Å². The first-order valence-corrected chi connectivity index (χ1v) is 6.83. The van der Waals surface area contributed by atoms with Gasteiger partial charge in [-0.1, -0.05) is 27.5 Å². The number of alkyl halides is 1. The Balaban J connectivity index is 2.38. The van der Waals surface area contributed by atoms with Gasteiger partial charge in [0.25, 0.3) is 0 Å². The number of Topliss-reactive ketones (excluding diaryl/α,β-unsaturated/α-hetero) is 1. The fourth-order valence-corrected chi connectivity index (χ4v) is 2.30. The summed E-state index contributed by atoms with van der Waals surface area (Å²) in [7, 11) is 1.53. The Morgan fingerprint density at radius 3 is 3.00 bits per heavy atom. The molecule has 0 saturated heterocycles. The largest absolute Gasteiger partial charge is 0.495 e. The third-order valence-electron chi connectivity index (χ3n) is 2.73. The van der Waals surface area contributed by atoms with Crippen LogP contribution in [0.2, 0.25) is 5.02 Å². The zero-order chi connectivity index (χ0) is 13.3. The molecule has 0 amide bonds. The third kappa shape index (κ3) is 2.29. The summed E-state index contributed by atoms with van der Waals surface area (Å²) >= 11 is 9.24. The second kappa shape index (κ2) is 5.36. The predicted molar refractivity (Wildman–Crippen MR) is 71.5 cm³/mol. The van der Waals surface area contributed by atoms with E-state index in [0.717, 1.165) is 5.56 Å². The van der Waals surface area contributed by atoms with Gasteiger partial charge in [0.15, 0.2) is 23.4 Å². The topological polar surface area (TPSA) is 44.8 Å². The van der Waals surface area contributed by atoms with Gasteiger partial charge in [0, 0.05) is 11.6 Å². The Bertz CT molecular complexity index is 489. The smallest absolute Gasteiger partial charge is 0.191 e. The maximum absolute atomic E-state index is 11.6. The van der Waals surface area contributed by atoms with E-state index in [1.54, 1.807) is 6.07 Å². The lowest BCUT2D eigenvalue weighted by Crippen LogP contribution is -2.37. The van der Waals surface area contributed by atoms with Gasteiger partial charge in [0.1, 0.15) is 12.4 Å². The van der Waals surface area contributed by atoms with Crippen molar-refractivity contribution < 1.29 is 19.0 Å². The molecule has 4 nitrogen and oxygen atoms in total. The summed E-state index contributed by atoms with van der Waals surface area (Å²) in [4.78, 5) is 11.6. The van der Waals surface area contributed by atoms with Crippen LogP contribution >= 0.6 is 27.5 Å². The molecule has 0 radical (unpaired) electrons. The first-order valence-electron chi connectivity index (χ1n) is 5.33. The van der Waals surface area contributed by atoms with Gasteiger partial charge >= 0.3 is 0 Å². The molecule has 0 saturated carbocycles. The molecular weight excluding hydrogens is 323 g/mol. The number of hydrogen-bond donors (Lipinski definition) is 0. The van der Waals surface area contributed by atoms with Gasteiger partial charge in [0.2, 0.25) is 0 Å². The average Bonchev–Trinajstić information content (AvgIpc) is 2.41. The van der Waals surface area contributed by atoms with Crippen LogP contribution in [0.3, 0.4) is 0 Å². The van der Waals surface area contributed by atoms with Crippen molar-refractivity contribution >= 4 is 33.3 Å². The van der Waals surface area contributed by atoms with Gasteiger partial charge in [0.05, 0.1) is 17.5 Å². The van der Waals surface area contributed by atoms with Crippen molar-refractivity contribution in [2.75, 3.05) is 19.0 Å². The van der Waals surface area contributed by atoms with Crippen LogP contribution in [-0.2, 0) is 4.79 Å². The van der Waals surface area contributed by atoms with E-state index < -0.39 is 6.10 Å². The van der Waals surface area contributed by atoms with E-state index in [0.29, 0.717) is 22.3 Å². The van der Waals surface area contributed by atoms with Gasteiger partial charge in [-0.3, -0.25) is 4.79 Å². The van der Waals surface area contributed by atoms with E-state index in [1.165, 1.54) is 7.11 Å². The molecule has 2 rings (SSSR count). The van der Waals surface area contributed by atoms with Gasteiger partial charge in [-0.05, 0) is 6.92 Å². The van der Waals surface area contributed by atoms with Crippen molar-refractivity contribution in [2.45, 2.75) is 13.0 Å². The molecule has 1 aromatic rings. The van der Waals surface area contributed by atoms with Gasteiger partial charge in [-0.25, -0.2) is 0 Å². The molecule has 6 heteroatoms. The predicted octanol–water partition coefficient (Wildman–Crippen LogP) is 2.76. The van der Waals surface area contributed by atoms with E-state index in [9.17, 15) is 4.79 Å². The number of halogens is 2. The number of hydrogen-bond acceptors (Lipinski definition) is 4. The lowest BCUT2D eigenvalue weighted by Gasteiger charge is -2.27. The molecule has 0 aromatic heterocycles. The summed E-state index contributed by atoms with van der Waals surface area (Å²) in [6, 6.07) is 1.64. The highest BCUT2D eigenvalue weighted by atomic mass is 79.9. The number of rotatable bonds is 3. The van der Waals surface area contributed by atoms with Gasteiger partial charge < -0.3 is 14.2 Å². The van der Waals surface area contributed by atoms with Crippen LogP contribution in [-0.4, -0.2) is 30.9 Å². The molecule has 1 atom stereocenters. The number of ether oxygens (including phenoxy) is 3. The fourth-order valence-electron chi connectivity index (χ4n) is 1.72. The number of carbonyl (C=O) groups excluding carboxylic acids is 1. The second-order valence-corrected chi connectivity index (χ2v) is 4.80. The maximum Gasteiger partial charge on any atom is 0.191 e. The molecule has 1 aliphatic rings. The summed E-state index contributed by atoms with van der Waals surface area (Å²) in [5, 5.41) is 0.727. The molecule has 18 heavy (non-hydrogen) atoms. The monoisotopic (exact) mass is 334 g/mol. The molecule has 0 bridgehead atoms. The van der Waals surface area contributed by atoms with Crippen LogP contribution in [0.1, 0.15) is 5.56 Å². The minimum absolute atomic E-state index is 0.0628. The average molecular weight is 336 g/mol. The minimum atomic E-state index is -0.595. The summed E-state index contributed by atoms with van der Waals surface area (Å²) < 4.78 is 16.3. The van der Waals surface area contributed by atoms with Crippen molar-refractivity contribution in [1.82, 2.24) is 0 Å². The first-order chi connectivity index (χ1) is 8.58. The number of carbonyl (C=O) groups is 1.